The highest BCUT2D eigenvalue weighted by Crippen LogP contribution is 2.31. The van der Waals surface area contributed by atoms with Gasteiger partial charge in [0.05, 0.1) is 30.2 Å². The van der Waals surface area contributed by atoms with Gasteiger partial charge in [0, 0.05) is 10.9 Å². The first-order valence-electron chi connectivity index (χ1n) is 7.35. The number of nitrogens with one attached hydrogen (secondary N) is 2. The molecule has 3 aromatic rings. The second-order valence-electron chi connectivity index (χ2n) is 5.42. The van der Waals surface area contributed by atoms with Crippen LogP contribution in [-0.4, -0.2) is 26.5 Å². The Bertz CT molecular complexity index is 1030. The molecule has 1 heterocycles. The van der Waals surface area contributed by atoms with Gasteiger partial charge in [0.25, 0.3) is 0 Å². The number of fused-ring (bicyclic) bond motifs is 1. The minimum absolute atomic E-state index is 0.0650. The van der Waals surface area contributed by atoms with E-state index in [0.29, 0.717) is 22.2 Å². The molecule has 0 bridgehead atoms. The summed E-state index contributed by atoms with van der Waals surface area (Å²) in [5, 5.41) is 11.8. The minimum atomic E-state index is -3.83. The van der Waals surface area contributed by atoms with Crippen LogP contribution in [0.25, 0.3) is 10.9 Å². The summed E-state index contributed by atoms with van der Waals surface area (Å²) in [6.45, 7) is 0. The van der Waals surface area contributed by atoms with Gasteiger partial charge in [-0.05, 0) is 23.8 Å². The molecule has 3 rings (SSSR count). The number of carbonyl (C=O) groups excluding carboxylic acids is 1. The number of carboxylic acids is 1. The average molecular weight is 359 g/mol. The maximum Gasteiger partial charge on any atom is 0.237 e. The molecule has 25 heavy (non-hydrogen) atoms. The molecule has 0 saturated carbocycles. The Morgan fingerprint density at radius 2 is 1.92 bits per heavy atom. The van der Waals surface area contributed by atoms with Gasteiger partial charge in [0.1, 0.15) is 5.75 Å². The van der Waals surface area contributed by atoms with Crippen molar-refractivity contribution in [2.45, 2.75) is 5.75 Å². The van der Waals surface area contributed by atoms with Crippen LogP contribution in [0.2, 0.25) is 0 Å². The molecule has 2 aromatic carbocycles. The van der Waals surface area contributed by atoms with Gasteiger partial charge in [-0.15, -0.1) is 0 Å². The third kappa shape index (κ3) is 3.58. The largest absolute Gasteiger partial charge is 0.543 e. The van der Waals surface area contributed by atoms with Gasteiger partial charge in [-0.3, -0.25) is 4.72 Å². The van der Waals surface area contributed by atoms with E-state index in [-0.39, 0.29) is 17.1 Å². The van der Waals surface area contributed by atoms with E-state index in [4.69, 9.17) is 4.74 Å². The first-order valence-corrected chi connectivity index (χ1v) is 9.00. The van der Waals surface area contributed by atoms with E-state index in [2.05, 4.69) is 9.71 Å². The van der Waals surface area contributed by atoms with Crippen LogP contribution in [0.1, 0.15) is 16.1 Å². The van der Waals surface area contributed by atoms with E-state index in [1.54, 1.807) is 48.5 Å². The number of carboxylic acid groups (broad SMARTS) is 1. The fourth-order valence-electron chi connectivity index (χ4n) is 2.54. The summed E-state index contributed by atoms with van der Waals surface area (Å²) in [5.41, 5.74) is 0.643. The van der Waals surface area contributed by atoms with Gasteiger partial charge in [-0.1, -0.05) is 30.3 Å². The number of rotatable bonds is 6. The maximum absolute atomic E-state index is 12.5. The number of aromatic amines is 1. The van der Waals surface area contributed by atoms with Crippen LogP contribution in [0.5, 0.6) is 5.75 Å². The van der Waals surface area contributed by atoms with Gasteiger partial charge in [0.2, 0.25) is 10.0 Å². The Balaban J connectivity index is 2.04. The van der Waals surface area contributed by atoms with Crippen molar-refractivity contribution < 1.29 is 23.1 Å². The van der Waals surface area contributed by atoms with Crippen LogP contribution in [0.3, 0.4) is 0 Å². The van der Waals surface area contributed by atoms with E-state index < -0.39 is 16.0 Å². The summed E-state index contributed by atoms with van der Waals surface area (Å²) in [5.74, 6) is -1.32. The summed E-state index contributed by atoms with van der Waals surface area (Å²) >= 11 is 0. The Morgan fingerprint density at radius 3 is 2.56 bits per heavy atom. The molecule has 0 aliphatic rings. The van der Waals surface area contributed by atoms with Crippen LogP contribution < -0.4 is 14.6 Å². The van der Waals surface area contributed by atoms with E-state index >= 15 is 0 Å². The van der Waals surface area contributed by atoms with Crippen LogP contribution in [0.4, 0.5) is 5.69 Å². The summed E-state index contributed by atoms with van der Waals surface area (Å²) in [7, 11) is -2.36. The van der Waals surface area contributed by atoms with Gasteiger partial charge in [-0.25, -0.2) is 8.42 Å². The lowest BCUT2D eigenvalue weighted by Gasteiger charge is -2.10. The monoisotopic (exact) mass is 359 g/mol. The summed E-state index contributed by atoms with van der Waals surface area (Å²) in [6.07, 6.45) is 0. The molecule has 0 aliphatic carbocycles. The fraction of sp³-hybridized carbons (Fsp3) is 0.118. The van der Waals surface area contributed by atoms with Crippen LogP contribution in [0, 0.1) is 0 Å². The first-order chi connectivity index (χ1) is 11.9. The van der Waals surface area contributed by atoms with Crippen molar-refractivity contribution in [3.63, 3.8) is 0 Å². The zero-order valence-electron chi connectivity index (χ0n) is 13.3. The van der Waals surface area contributed by atoms with Crippen LogP contribution >= 0.6 is 0 Å². The quantitative estimate of drug-likeness (QED) is 0.692. The Kier molecular flexibility index (Phi) is 4.37. The second-order valence-corrected chi connectivity index (χ2v) is 7.14. The van der Waals surface area contributed by atoms with Gasteiger partial charge < -0.3 is 19.6 Å². The Hall–Kier alpha value is -3.00. The van der Waals surface area contributed by atoms with Gasteiger partial charge in [-0.2, -0.15) is 0 Å². The molecule has 2 N–H and O–H groups in total. The SMILES string of the molecule is COc1ccc2[nH]c(C(=O)[O-])c(NS(=O)(=O)Cc3ccccc3)c2c1. The van der Waals surface area contributed by atoms with E-state index in [1.807, 2.05) is 0 Å². The van der Waals surface area contributed by atoms with Crippen molar-refractivity contribution in [3.8, 4) is 5.75 Å². The highest BCUT2D eigenvalue weighted by Gasteiger charge is 2.19. The van der Waals surface area contributed by atoms with Gasteiger partial charge >= 0.3 is 0 Å². The van der Waals surface area contributed by atoms with Crippen molar-refractivity contribution in [1.29, 1.82) is 0 Å². The number of aromatic nitrogens is 1. The zero-order valence-corrected chi connectivity index (χ0v) is 14.1. The highest BCUT2D eigenvalue weighted by molar-refractivity contribution is 7.92. The van der Waals surface area contributed by atoms with E-state index in [1.165, 1.54) is 7.11 Å². The number of H-pyrrole nitrogens is 1. The number of ether oxygens (including phenoxy) is 1. The van der Waals surface area contributed by atoms with Gasteiger partial charge in [0.15, 0.2) is 0 Å². The number of benzene rings is 2. The predicted octanol–water partition coefficient (Wildman–Crippen LogP) is 1.48. The number of aromatic carboxylic acids is 1. The van der Waals surface area contributed by atoms with Crippen molar-refractivity contribution in [2.24, 2.45) is 0 Å². The molecule has 1 aromatic heterocycles. The average Bonchev–Trinajstić information content (AvgIpc) is 2.92. The second kappa shape index (κ2) is 6.48. The Labute approximate surface area is 144 Å². The Morgan fingerprint density at radius 1 is 1.20 bits per heavy atom. The molecular weight excluding hydrogens is 344 g/mol. The lowest BCUT2D eigenvalue weighted by atomic mass is 10.2. The summed E-state index contributed by atoms with van der Waals surface area (Å²) in [6, 6.07) is 13.4. The number of anilines is 1. The molecule has 7 nitrogen and oxygen atoms in total. The molecule has 0 radical (unpaired) electrons. The molecule has 0 spiro atoms. The zero-order chi connectivity index (χ0) is 18.0. The highest BCUT2D eigenvalue weighted by atomic mass is 32.2. The number of hydrogen-bond donors (Lipinski definition) is 2. The van der Waals surface area contributed by atoms with Crippen LogP contribution in [0.15, 0.2) is 48.5 Å². The van der Waals surface area contributed by atoms with Crippen molar-refractivity contribution >= 4 is 32.6 Å². The third-order valence-electron chi connectivity index (χ3n) is 3.67. The fourth-order valence-corrected chi connectivity index (χ4v) is 3.77. The lowest BCUT2D eigenvalue weighted by Crippen LogP contribution is -2.25. The summed E-state index contributed by atoms with van der Waals surface area (Å²) in [4.78, 5) is 14.0. The minimum Gasteiger partial charge on any atom is -0.543 e. The van der Waals surface area contributed by atoms with E-state index in [9.17, 15) is 18.3 Å². The van der Waals surface area contributed by atoms with E-state index in [0.717, 1.165) is 0 Å². The number of methoxy groups -OCH3 is 1. The molecule has 0 atom stereocenters. The molecule has 0 aliphatic heterocycles. The van der Waals surface area contributed by atoms with Crippen molar-refractivity contribution in [2.75, 3.05) is 11.8 Å². The number of hydrogen-bond acceptors (Lipinski definition) is 5. The van der Waals surface area contributed by atoms with Crippen molar-refractivity contribution in [3.05, 3.63) is 59.8 Å². The first kappa shape index (κ1) is 16.8. The maximum atomic E-state index is 12.5. The van der Waals surface area contributed by atoms with Crippen LogP contribution in [-0.2, 0) is 15.8 Å². The van der Waals surface area contributed by atoms with Crippen molar-refractivity contribution in [1.82, 2.24) is 4.98 Å². The summed E-state index contributed by atoms with van der Waals surface area (Å²) < 4.78 is 32.4. The molecule has 0 amide bonds. The predicted molar refractivity (Wildman–Crippen MR) is 91.9 cm³/mol. The molecule has 130 valence electrons. The molecule has 0 saturated heterocycles. The molecule has 8 heteroatoms. The normalized spacial score (nSPS) is 11.4. The third-order valence-corrected chi connectivity index (χ3v) is 4.90. The lowest BCUT2D eigenvalue weighted by molar-refractivity contribution is -0.255. The topological polar surface area (TPSA) is 111 Å². The molecule has 0 unspecified atom stereocenters. The number of carbonyl (C=O) groups is 1. The molecular formula is C17H15N2O5S-. The standard InChI is InChI=1S/C17H16N2O5S/c1-24-12-7-8-14-13(9-12)15(16(18-14)17(20)21)19-25(22,23)10-11-5-3-2-4-6-11/h2-9,18-19H,10H2,1H3,(H,20,21)/p-1. The smallest absolute Gasteiger partial charge is 0.237 e. The number of sulfonamides is 1. The molecule has 0 fully saturated rings.